The molecule has 1 fully saturated rings. The number of guanidine groups is 1. The van der Waals surface area contributed by atoms with E-state index in [-0.39, 0.29) is 0 Å². The summed E-state index contributed by atoms with van der Waals surface area (Å²) in [7, 11) is 2.05. The third-order valence-corrected chi connectivity index (χ3v) is 4.13. The SMILES string of the molecule is CCNC(=NCCCc1nc(C(C)C)no1)N(C)CCOCC1CC1. The maximum atomic E-state index is 5.71. The zero-order valence-electron chi connectivity index (χ0n) is 16.1. The summed E-state index contributed by atoms with van der Waals surface area (Å²) in [5, 5.41) is 7.32. The molecule has 25 heavy (non-hydrogen) atoms. The van der Waals surface area contributed by atoms with Crippen LogP contribution in [0.25, 0.3) is 0 Å². The number of nitrogens with one attached hydrogen (secondary N) is 1. The van der Waals surface area contributed by atoms with Crippen LogP contribution in [0.3, 0.4) is 0 Å². The smallest absolute Gasteiger partial charge is 0.226 e. The number of nitrogens with zero attached hydrogens (tertiary/aromatic N) is 4. The molecule has 1 aliphatic rings. The first-order valence-electron chi connectivity index (χ1n) is 9.49. The number of rotatable bonds is 11. The molecule has 1 heterocycles. The predicted molar refractivity (Wildman–Crippen MR) is 98.9 cm³/mol. The Morgan fingerprint density at radius 3 is 2.88 bits per heavy atom. The van der Waals surface area contributed by atoms with E-state index in [4.69, 9.17) is 9.26 Å². The molecule has 0 radical (unpaired) electrons. The maximum Gasteiger partial charge on any atom is 0.226 e. The van der Waals surface area contributed by atoms with Crippen LogP contribution < -0.4 is 5.32 Å². The van der Waals surface area contributed by atoms with E-state index in [1.807, 2.05) is 0 Å². The molecule has 0 atom stereocenters. The molecule has 0 saturated heterocycles. The highest BCUT2D eigenvalue weighted by molar-refractivity contribution is 5.79. The molecule has 0 aliphatic heterocycles. The van der Waals surface area contributed by atoms with Crippen LogP contribution >= 0.6 is 0 Å². The van der Waals surface area contributed by atoms with E-state index in [0.29, 0.717) is 11.8 Å². The molecule has 2 rings (SSSR count). The number of hydrogen-bond donors (Lipinski definition) is 1. The molecule has 1 aromatic heterocycles. The van der Waals surface area contributed by atoms with E-state index in [9.17, 15) is 0 Å². The highest BCUT2D eigenvalue weighted by Crippen LogP contribution is 2.28. The van der Waals surface area contributed by atoms with Gasteiger partial charge in [0.15, 0.2) is 11.8 Å². The van der Waals surface area contributed by atoms with Gasteiger partial charge in [0.25, 0.3) is 0 Å². The van der Waals surface area contributed by atoms with E-state index in [2.05, 4.69) is 53.2 Å². The summed E-state index contributed by atoms with van der Waals surface area (Å²) in [6.07, 6.45) is 4.31. The van der Waals surface area contributed by atoms with Crippen LogP contribution in [0.5, 0.6) is 0 Å². The van der Waals surface area contributed by atoms with Crippen LogP contribution in [0.4, 0.5) is 0 Å². The van der Waals surface area contributed by atoms with Gasteiger partial charge in [-0.15, -0.1) is 0 Å². The molecule has 0 unspecified atom stereocenters. The second-order valence-corrected chi connectivity index (χ2v) is 6.98. The van der Waals surface area contributed by atoms with Crippen molar-refractivity contribution in [2.24, 2.45) is 10.9 Å². The first kappa shape index (κ1) is 19.7. The Hall–Kier alpha value is -1.63. The number of aromatic nitrogens is 2. The quantitative estimate of drug-likeness (QED) is 0.375. The van der Waals surface area contributed by atoms with Crippen molar-refractivity contribution in [3.63, 3.8) is 0 Å². The van der Waals surface area contributed by atoms with Gasteiger partial charge in [-0.05, 0) is 32.1 Å². The molecule has 142 valence electrons. The van der Waals surface area contributed by atoms with Crippen LogP contribution in [-0.4, -0.2) is 60.9 Å². The fourth-order valence-corrected chi connectivity index (χ4v) is 2.33. The fraction of sp³-hybridized carbons (Fsp3) is 0.833. The number of aliphatic imine (C=N–C) groups is 1. The first-order valence-corrected chi connectivity index (χ1v) is 9.49. The van der Waals surface area contributed by atoms with Crippen LogP contribution in [0.2, 0.25) is 0 Å². The summed E-state index contributed by atoms with van der Waals surface area (Å²) in [6.45, 7) is 10.3. The molecule has 0 amide bonds. The lowest BCUT2D eigenvalue weighted by atomic mass is 10.2. The van der Waals surface area contributed by atoms with Crippen molar-refractivity contribution >= 4 is 5.96 Å². The number of aryl methyl sites for hydroxylation is 1. The standard InChI is InChI=1S/C18H33N5O2/c1-5-19-18(23(4)11-12-24-13-15-8-9-15)20-10-6-7-16-21-17(14(2)3)22-25-16/h14-15H,5-13H2,1-4H3,(H,19,20). The largest absolute Gasteiger partial charge is 0.379 e. The summed E-state index contributed by atoms with van der Waals surface area (Å²) in [5.74, 6) is 3.51. The molecule has 1 aromatic rings. The Morgan fingerprint density at radius 2 is 2.24 bits per heavy atom. The minimum atomic E-state index is 0.298. The summed E-state index contributed by atoms with van der Waals surface area (Å²) in [6, 6.07) is 0. The molecular weight excluding hydrogens is 318 g/mol. The summed E-state index contributed by atoms with van der Waals surface area (Å²) >= 11 is 0. The second kappa shape index (κ2) is 10.4. The van der Waals surface area contributed by atoms with Gasteiger partial charge in [-0.3, -0.25) is 4.99 Å². The van der Waals surface area contributed by atoms with Crippen molar-refractivity contribution in [3.05, 3.63) is 11.7 Å². The van der Waals surface area contributed by atoms with Crippen molar-refractivity contribution in [1.29, 1.82) is 0 Å². The van der Waals surface area contributed by atoms with Gasteiger partial charge in [0.1, 0.15) is 0 Å². The van der Waals surface area contributed by atoms with Gasteiger partial charge >= 0.3 is 0 Å². The lowest BCUT2D eigenvalue weighted by Crippen LogP contribution is -2.40. The fourth-order valence-electron chi connectivity index (χ4n) is 2.33. The molecule has 0 aromatic carbocycles. The Morgan fingerprint density at radius 1 is 1.44 bits per heavy atom. The minimum Gasteiger partial charge on any atom is -0.379 e. The van der Waals surface area contributed by atoms with Gasteiger partial charge in [0.05, 0.1) is 6.61 Å². The van der Waals surface area contributed by atoms with Gasteiger partial charge in [-0.25, -0.2) is 0 Å². The monoisotopic (exact) mass is 351 g/mol. The van der Waals surface area contributed by atoms with E-state index in [1.165, 1.54) is 12.8 Å². The molecule has 0 bridgehead atoms. The van der Waals surface area contributed by atoms with Crippen LogP contribution in [0.15, 0.2) is 9.52 Å². The molecule has 0 spiro atoms. The average Bonchev–Trinajstić information content (AvgIpc) is 3.29. The number of likely N-dealkylation sites (N-methyl/N-ethyl adjacent to an activating group) is 1. The van der Waals surface area contributed by atoms with E-state index >= 15 is 0 Å². The van der Waals surface area contributed by atoms with Crippen LogP contribution in [0, 0.1) is 5.92 Å². The first-order chi connectivity index (χ1) is 12.1. The lowest BCUT2D eigenvalue weighted by Gasteiger charge is -2.22. The third-order valence-electron chi connectivity index (χ3n) is 4.13. The van der Waals surface area contributed by atoms with Gasteiger partial charge in [-0.1, -0.05) is 19.0 Å². The maximum absolute atomic E-state index is 5.71. The average molecular weight is 351 g/mol. The molecular formula is C18H33N5O2. The topological polar surface area (TPSA) is 75.8 Å². The summed E-state index contributed by atoms with van der Waals surface area (Å²) in [4.78, 5) is 11.2. The summed E-state index contributed by atoms with van der Waals surface area (Å²) < 4.78 is 11.0. The zero-order chi connectivity index (χ0) is 18.1. The summed E-state index contributed by atoms with van der Waals surface area (Å²) in [5.41, 5.74) is 0. The predicted octanol–water partition coefficient (Wildman–Crippen LogP) is 2.45. The van der Waals surface area contributed by atoms with Gasteiger partial charge < -0.3 is 19.5 Å². The van der Waals surface area contributed by atoms with Crippen LogP contribution in [-0.2, 0) is 11.2 Å². The van der Waals surface area contributed by atoms with Gasteiger partial charge in [0, 0.05) is 45.6 Å². The second-order valence-electron chi connectivity index (χ2n) is 6.98. The van der Waals surface area contributed by atoms with Crippen molar-refractivity contribution in [3.8, 4) is 0 Å². The third kappa shape index (κ3) is 7.42. The lowest BCUT2D eigenvalue weighted by molar-refractivity contribution is 0.115. The highest BCUT2D eigenvalue weighted by Gasteiger charge is 2.21. The van der Waals surface area contributed by atoms with Gasteiger partial charge in [0.2, 0.25) is 5.89 Å². The zero-order valence-corrected chi connectivity index (χ0v) is 16.1. The molecule has 1 saturated carbocycles. The van der Waals surface area contributed by atoms with Crippen molar-refractivity contribution in [2.45, 2.75) is 52.4 Å². The Balaban J connectivity index is 1.69. The molecule has 7 nitrogen and oxygen atoms in total. The Labute approximate surface area is 151 Å². The molecule has 1 N–H and O–H groups in total. The Bertz CT molecular complexity index is 525. The van der Waals surface area contributed by atoms with E-state index in [1.54, 1.807) is 0 Å². The highest BCUT2D eigenvalue weighted by atomic mass is 16.5. The van der Waals surface area contributed by atoms with E-state index < -0.39 is 0 Å². The number of ether oxygens (including phenoxy) is 1. The van der Waals surface area contributed by atoms with Crippen molar-refractivity contribution in [1.82, 2.24) is 20.4 Å². The molecule has 7 heteroatoms. The van der Waals surface area contributed by atoms with Gasteiger partial charge in [-0.2, -0.15) is 4.98 Å². The minimum absolute atomic E-state index is 0.298. The van der Waals surface area contributed by atoms with Crippen molar-refractivity contribution in [2.75, 3.05) is 39.9 Å². The normalized spacial score (nSPS) is 15.0. The molecule has 1 aliphatic carbocycles. The van der Waals surface area contributed by atoms with E-state index in [0.717, 1.165) is 63.4 Å². The number of hydrogen-bond acceptors (Lipinski definition) is 5. The Kier molecular flexibility index (Phi) is 8.18. The van der Waals surface area contributed by atoms with Crippen LogP contribution in [0.1, 0.15) is 57.7 Å². The van der Waals surface area contributed by atoms with Crippen molar-refractivity contribution < 1.29 is 9.26 Å².